The Labute approximate surface area is 184 Å². The number of hydrogen-bond acceptors (Lipinski definition) is 4. The van der Waals surface area contributed by atoms with Crippen LogP contribution in [0.2, 0.25) is 0 Å². The number of hydrogen-bond donors (Lipinski definition) is 2. The van der Waals surface area contributed by atoms with Crippen molar-refractivity contribution in [3.8, 4) is 0 Å². The number of amides is 2. The van der Waals surface area contributed by atoms with Crippen molar-refractivity contribution in [2.75, 3.05) is 6.54 Å². The second kappa shape index (κ2) is 9.98. The van der Waals surface area contributed by atoms with E-state index in [1.54, 1.807) is 6.20 Å². The smallest absolute Gasteiger partial charge is 0.408 e. The van der Waals surface area contributed by atoms with Crippen LogP contribution in [0, 0.1) is 0 Å². The number of rotatable bonds is 6. The van der Waals surface area contributed by atoms with Gasteiger partial charge in [0.1, 0.15) is 5.60 Å². The third-order valence-corrected chi connectivity index (χ3v) is 5.53. The van der Waals surface area contributed by atoms with E-state index in [2.05, 4.69) is 15.7 Å². The van der Waals surface area contributed by atoms with Gasteiger partial charge < -0.3 is 15.4 Å². The van der Waals surface area contributed by atoms with Crippen LogP contribution in [0.1, 0.15) is 75.2 Å². The first-order valence-corrected chi connectivity index (χ1v) is 11.1. The Hall–Kier alpha value is -2.83. The lowest BCUT2D eigenvalue weighted by molar-refractivity contribution is 0.0437. The molecule has 31 heavy (non-hydrogen) atoms. The molecule has 168 valence electrons. The van der Waals surface area contributed by atoms with Crippen molar-refractivity contribution in [3.63, 3.8) is 0 Å². The molecule has 0 atom stereocenters. The Morgan fingerprint density at radius 2 is 1.77 bits per heavy atom. The van der Waals surface area contributed by atoms with E-state index in [1.165, 1.54) is 0 Å². The van der Waals surface area contributed by atoms with Crippen molar-refractivity contribution in [1.82, 2.24) is 20.4 Å². The van der Waals surface area contributed by atoms with Gasteiger partial charge in [-0.15, -0.1) is 0 Å². The Balaban J connectivity index is 1.62. The highest BCUT2D eigenvalue weighted by atomic mass is 16.6. The molecule has 1 aliphatic carbocycles. The van der Waals surface area contributed by atoms with Gasteiger partial charge in [0.25, 0.3) is 5.91 Å². The zero-order chi connectivity index (χ0) is 22.3. The monoisotopic (exact) mass is 426 g/mol. The summed E-state index contributed by atoms with van der Waals surface area (Å²) in [6, 6.07) is 9.43. The lowest BCUT2D eigenvalue weighted by Gasteiger charge is -2.35. The van der Waals surface area contributed by atoms with Crippen molar-refractivity contribution >= 4 is 12.0 Å². The highest BCUT2D eigenvalue weighted by Gasteiger charge is 2.34. The summed E-state index contributed by atoms with van der Waals surface area (Å²) < 4.78 is 7.32. The molecule has 1 aliphatic rings. The van der Waals surface area contributed by atoms with Gasteiger partial charge in [-0.1, -0.05) is 37.8 Å². The summed E-state index contributed by atoms with van der Waals surface area (Å²) in [5.74, 6) is -0.139. The first kappa shape index (κ1) is 22.8. The number of benzene rings is 1. The zero-order valence-corrected chi connectivity index (χ0v) is 18.8. The summed E-state index contributed by atoms with van der Waals surface area (Å²) in [6.07, 6.45) is 9.21. The second-order valence-corrected chi connectivity index (χ2v) is 9.40. The van der Waals surface area contributed by atoms with Crippen molar-refractivity contribution in [2.24, 2.45) is 0 Å². The van der Waals surface area contributed by atoms with Gasteiger partial charge in [-0.2, -0.15) is 5.10 Å². The first-order valence-electron chi connectivity index (χ1n) is 11.1. The summed E-state index contributed by atoms with van der Waals surface area (Å²) in [5.41, 5.74) is 0.642. The molecular formula is C24H34N4O3. The molecule has 0 spiro atoms. The molecule has 7 heteroatoms. The van der Waals surface area contributed by atoms with E-state index in [9.17, 15) is 9.59 Å². The quantitative estimate of drug-likeness (QED) is 0.675. The highest BCUT2D eigenvalue weighted by Crippen LogP contribution is 2.27. The molecule has 0 radical (unpaired) electrons. The van der Waals surface area contributed by atoms with Crippen molar-refractivity contribution in [3.05, 3.63) is 53.9 Å². The molecule has 3 rings (SSSR count). The van der Waals surface area contributed by atoms with Crippen LogP contribution in [-0.2, 0) is 11.3 Å². The van der Waals surface area contributed by atoms with Crippen LogP contribution in [-0.4, -0.2) is 39.5 Å². The normalized spacial score (nSPS) is 16.2. The van der Waals surface area contributed by atoms with E-state index >= 15 is 0 Å². The lowest BCUT2D eigenvalue weighted by atomic mass is 9.90. The lowest BCUT2D eigenvalue weighted by Crippen LogP contribution is -2.56. The van der Waals surface area contributed by atoms with Crippen LogP contribution in [0.15, 0.2) is 42.7 Å². The maximum atomic E-state index is 12.8. The topological polar surface area (TPSA) is 85.3 Å². The second-order valence-electron chi connectivity index (χ2n) is 9.40. The summed E-state index contributed by atoms with van der Waals surface area (Å²) in [5, 5.41) is 10.3. The fraction of sp³-hybridized carbons (Fsp3) is 0.542. The minimum Gasteiger partial charge on any atom is -0.444 e. The molecule has 0 saturated heterocycles. The van der Waals surface area contributed by atoms with Gasteiger partial charge in [0.15, 0.2) is 0 Å². The molecule has 0 bridgehead atoms. The summed E-state index contributed by atoms with van der Waals surface area (Å²) in [6.45, 7) is 6.61. The predicted molar refractivity (Wildman–Crippen MR) is 120 cm³/mol. The van der Waals surface area contributed by atoms with Gasteiger partial charge in [-0.25, -0.2) is 4.79 Å². The zero-order valence-electron chi connectivity index (χ0n) is 18.8. The number of ether oxygens (including phenoxy) is 1. The highest BCUT2D eigenvalue weighted by molar-refractivity contribution is 5.94. The Bertz CT molecular complexity index is 846. The number of aromatic nitrogens is 2. The fourth-order valence-electron chi connectivity index (χ4n) is 3.97. The van der Waals surface area contributed by atoms with E-state index in [4.69, 9.17) is 4.74 Å². The summed E-state index contributed by atoms with van der Waals surface area (Å²) in [4.78, 5) is 25.3. The Morgan fingerprint density at radius 3 is 2.35 bits per heavy atom. The van der Waals surface area contributed by atoms with Crippen molar-refractivity contribution < 1.29 is 14.3 Å². The van der Waals surface area contributed by atoms with Gasteiger partial charge in [-0.05, 0) is 57.4 Å². The fourth-order valence-corrected chi connectivity index (χ4v) is 3.97. The average Bonchev–Trinajstić information content (AvgIpc) is 3.10. The van der Waals surface area contributed by atoms with Crippen LogP contribution >= 0.6 is 0 Å². The minimum atomic E-state index is -0.558. The molecule has 1 heterocycles. The summed E-state index contributed by atoms with van der Waals surface area (Å²) >= 11 is 0. The number of carbonyl (C=O) groups excluding carboxylic acids is 2. The van der Waals surface area contributed by atoms with Crippen LogP contribution in [0.3, 0.4) is 0 Å². The largest absolute Gasteiger partial charge is 0.444 e. The molecule has 1 fully saturated rings. The minimum absolute atomic E-state index is 0.139. The van der Waals surface area contributed by atoms with Gasteiger partial charge >= 0.3 is 6.09 Å². The molecule has 1 aromatic carbocycles. The molecule has 1 saturated carbocycles. The number of carbonyl (C=O) groups is 2. The molecule has 2 N–H and O–H groups in total. The van der Waals surface area contributed by atoms with E-state index in [1.807, 2.05) is 62.0 Å². The molecule has 0 aliphatic heterocycles. The van der Waals surface area contributed by atoms with Crippen LogP contribution in [0.4, 0.5) is 4.79 Å². The van der Waals surface area contributed by atoms with Gasteiger partial charge in [0.2, 0.25) is 0 Å². The summed E-state index contributed by atoms with van der Waals surface area (Å²) in [7, 11) is 0. The maximum absolute atomic E-state index is 12.8. The molecule has 0 unspecified atom stereocenters. The third kappa shape index (κ3) is 7.12. The molecule has 1 aromatic heterocycles. The van der Waals surface area contributed by atoms with Crippen molar-refractivity contribution in [1.29, 1.82) is 0 Å². The maximum Gasteiger partial charge on any atom is 0.408 e. The van der Waals surface area contributed by atoms with E-state index in [0.717, 1.165) is 44.1 Å². The van der Waals surface area contributed by atoms with Gasteiger partial charge in [0.05, 0.1) is 12.1 Å². The predicted octanol–water partition coefficient (Wildman–Crippen LogP) is 4.28. The molecule has 7 nitrogen and oxygen atoms in total. The van der Waals surface area contributed by atoms with Crippen LogP contribution < -0.4 is 10.6 Å². The molecule has 2 amide bonds. The third-order valence-electron chi connectivity index (χ3n) is 5.53. The standard InChI is InChI=1S/C24H34N4O3/c1-23(2,3)31-22(30)27-24(13-6-4-5-7-14-24)18-25-21(29)20-11-9-19(10-12-20)17-28-16-8-15-26-28/h8-12,15-16H,4-7,13-14,17-18H2,1-3H3,(H,25,29)(H,27,30). The van der Waals surface area contributed by atoms with Crippen molar-refractivity contribution in [2.45, 2.75) is 77.0 Å². The van der Waals surface area contributed by atoms with Gasteiger partial charge in [-0.3, -0.25) is 9.48 Å². The first-order chi connectivity index (χ1) is 14.7. The van der Waals surface area contributed by atoms with Crippen LogP contribution in [0.5, 0.6) is 0 Å². The number of alkyl carbamates (subject to hydrolysis) is 1. The Kier molecular flexibility index (Phi) is 7.36. The van der Waals surface area contributed by atoms with Crippen LogP contribution in [0.25, 0.3) is 0 Å². The van der Waals surface area contributed by atoms with E-state index in [-0.39, 0.29) is 5.91 Å². The number of nitrogens with one attached hydrogen (secondary N) is 2. The average molecular weight is 427 g/mol. The van der Waals surface area contributed by atoms with Gasteiger partial charge in [0, 0.05) is 24.5 Å². The SMILES string of the molecule is CC(C)(C)OC(=O)NC1(CNC(=O)c2ccc(Cn3cccn3)cc2)CCCCCC1. The van der Waals surface area contributed by atoms with E-state index in [0.29, 0.717) is 18.7 Å². The Morgan fingerprint density at radius 1 is 1.10 bits per heavy atom. The molecular weight excluding hydrogens is 392 g/mol. The number of nitrogens with zero attached hydrogens (tertiary/aromatic N) is 2. The molecule has 2 aromatic rings. The van der Waals surface area contributed by atoms with E-state index < -0.39 is 17.2 Å².